The van der Waals surface area contributed by atoms with Crippen LogP contribution in [0.1, 0.15) is 36.8 Å². The third-order valence-corrected chi connectivity index (χ3v) is 5.61. The fraction of sp³-hybridized carbons (Fsp3) is 0.429. The molecule has 1 unspecified atom stereocenters. The Kier molecular flexibility index (Phi) is 3.75. The van der Waals surface area contributed by atoms with Gasteiger partial charge in [-0.05, 0) is 49.4 Å². The van der Waals surface area contributed by atoms with Crippen LogP contribution in [0.4, 0.5) is 0 Å². The first-order valence-electron chi connectivity index (χ1n) is 8.73. The lowest BCUT2D eigenvalue weighted by molar-refractivity contribution is 0.216. The van der Waals surface area contributed by atoms with Crippen molar-refractivity contribution in [1.82, 2.24) is 4.90 Å². The van der Waals surface area contributed by atoms with Gasteiger partial charge in [-0.1, -0.05) is 67.1 Å². The van der Waals surface area contributed by atoms with Gasteiger partial charge >= 0.3 is 0 Å². The van der Waals surface area contributed by atoms with E-state index in [0.717, 1.165) is 5.92 Å². The van der Waals surface area contributed by atoms with Crippen molar-refractivity contribution in [2.75, 3.05) is 19.6 Å². The number of benzene rings is 2. The zero-order chi connectivity index (χ0) is 14.8. The van der Waals surface area contributed by atoms with Gasteiger partial charge in [-0.2, -0.15) is 0 Å². The van der Waals surface area contributed by atoms with Gasteiger partial charge in [0, 0.05) is 12.0 Å². The van der Waals surface area contributed by atoms with E-state index in [1.54, 1.807) is 0 Å². The molecule has 1 heteroatoms. The van der Waals surface area contributed by atoms with Crippen molar-refractivity contribution in [3.05, 3.63) is 71.8 Å². The Bertz CT molecular complexity index is 559. The van der Waals surface area contributed by atoms with E-state index in [1.807, 2.05) is 0 Å². The van der Waals surface area contributed by atoms with E-state index in [9.17, 15) is 0 Å². The van der Waals surface area contributed by atoms with Crippen LogP contribution in [-0.4, -0.2) is 24.5 Å². The molecule has 4 rings (SSSR count). The molecule has 1 heterocycles. The van der Waals surface area contributed by atoms with Gasteiger partial charge in [0.25, 0.3) is 0 Å². The van der Waals surface area contributed by atoms with E-state index < -0.39 is 0 Å². The Morgan fingerprint density at radius 3 is 1.86 bits per heavy atom. The van der Waals surface area contributed by atoms with Crippen LogP contribution in [0.5, 0.6) is 0 Å². The van der Waals surface area contributed by atoms with Crippen molar-refractivity contribution in [2.24, 2.45) is 5.92 Å². The average molecular weight is 291 g/mol. The summed E-state index contributed by atoms with van der Waals surface area (Å²) in [6.45, 7) is 3.87. The van der Waals surface area contributed by atoms with Crippen LogP contribution in [0.2, 0.25) is 0 Å². The van der Waals surface area contributed by atoms with E-state index in [-0.39, 0.29) is 5.41 Å². The van der Waals surface area contributed by atoms with Crippen molar-refractivity contribution >= 4 is 0 Å². The van der Waals surface area contributed by atoms with Gasteiger partial charge in [0.1, 0.15) is 0 Å². The lowest BCUT2D eigenvalue weighted by Gasteiger charge is -2.28. The summed E-state index contributed by atoms with van der Waals surface area (Å²) in [6, 6.07) is 22.3. The molecule has 1 atom stereocenters. The van der Waals surface area contributed by atoms with Crippen LogP contribution in [0, 0.1) is 5.92 Å². The topological polar surface area (TPSA) is 3.24 Å². The molecule has 0 amide bonds. The van der Waals surface area contributed by atoms with Crippen LogP contribution < -0.4 is 0 Å². The molecule has 22 heavy (non-hydrogen) atoms. The number of rotatable bonds is 4. The molecule has 0 aromatic heterocycles. The molecule has 2 aromatic rings. The number of likely N-dealkylation sites (tertiary alicyclic amines) is 1. The highest BCUT2D eigenvalue weighted by Gasteiger charge is 2.56. The van der Waals surface area contributed by atoms with Crippen molar-refractivity contribution in [3.8, 4) is 0 Å². The Balaban J connectivity index is 1.61. The lowest BCUT2D eigenvalue weighted by atomic mass is 9.85. The number of hydrogen-bond acceptors (Lipinski definition) is 1. The first-order chi connectivity index (χ1) is 10.9. The molecule has 114 valence electrons. The molecule has 1 saturated carbocycles. The third kappa shape index (κ3) is 2.48. The normalized spacial score (nSPS) is 24.1. The molecule has 1 aliphatic carbocycles. The van der Waals surface area contributed by atoms with E-state index in [1.165, 1.54) is 56.4 Å². The van der Waals surface area contributed by atoms with E-state index in [4.69, 9.17) is 0 Å². The van der Waals surface area contributed by atoms with Crippen LogP contribution in [-0.2, 0) is 5.41 Å². The van der Waals surface area contributed by atoms with Gasteiger partial charge < -0.3 is 4.90 Å². The van der Waals surface area contributed by atoms with Gasteiger partial charge in [0.05, 0.1) is 0 Å². The Morgan fingerprint density at radius 1 is 0.773 bits per heavy atom. The summed E-state index contributed by atoms with van der Waals surface area (Å²) in [6.07, 6.45) is 5.49. The maximum absolute atomic E-state index is 2.70. The fourth-order valence-electron chi connectivity index (χ4n) is 4.35. The number of nitrogens with zero attached hydrogens (tertiary/aromatic N) is 1. The molecule has 2 fully saturated rings. The Morgan fingerprint density at radius 2 is 1.32 bits per heavy atom. The molecule has 1 aliphatic heterocycles. The maximum atomic E-state index is 2.70. The van der Waals surface area contributed by atoms with E-state index >= 15 is 0 Å². The van der Waals surface area contributed by atoms with Gasteiger partial charge in [-0.3, -0.25) is 0 Å². The number of piperidine rings is 1. The summed E-state index contributed by atoms with van der Waals surface area (Å²) in [5.74, 6) is 0.774. The Labute approximate surface area is 134 Å². The van der Waals surface area contributed by atoms with E-state index in [0.29, 0.717) is 0 Å². The minimum Gasteiger partial charge on any atom is -0.303 e. The SMILES string of the molecule is c1ccc(C2(c3ccccc3)CC2CN2CCCCC2)cc1. The second kappa shape index (κ2) is 5.89. The molecular formula is C21H25N. The second-order valence-corrected chi connectivity index (χ2v) is 6.97. The van der Waals surface area contributed by atoms with Crippen LogP contribution in [0.15, 0.2) is 60.7 Å². The van der Waals surface area contributed by atoms with Gasteiger partial charge in [-0.25, -0.2) is 0 Å². The maximum Gasteiger partial charge on any atom is 0.0247 e. The zero-order valence-corrected chi connectivity index (χ0v) is 13.2. The predicted molar refractivity (Wildman–Crippen MR) is 92.1 cm³/mol. The average Bonchev–Trinajstić information content (AvgIpc) is 3.32. The largest absolute Gasteiger partial charge is 0.303 e. The first kappa shape index (κ1) is 14.0. The Hall–Kier alpha value is -1.60. The fourth-order valence-corrected chi connectivity index (χ4v) is 4.35. The molecule has 0 bridgehead atoms. The number of hydrogen-bond donors (Lipinski definition) is 0. The van der Waals surface area contributed by atoms with Crippen LogP contribution >= 0.6 is 0 Å². The molecule has 1 nitrogen and oxygen atoms in total. The monoisotopic (exact) mass is 291 g/mol. The molecule has 2 aliphatic rings. The van der Waals surface area contributed by atoms with Crippen LogP contribution in [0.3, 0.4) is 0 Å². The summed E-state index contributed by atoms with van der Waals surface area (Å²) >= 11 is 0. The highest BCUT2D eigenvalue weighted by atomic mass is 15.1. The third-order valence-electron chi connectivity index (χ3n) is 5.61. The van der Waals surface area contributed by atoms with Crippen molar-refractivity contribution in [1.29, 1.82) is 0 Å². The predicted octanol–water partition coefficient (Wildman–Crippen LogP) is 4.48. The molecular weight excluding hydrogens is 266 g/mol. The summed E-state index contributed by atoms with van der Waals surface area (Å²) in [5.41, 5.74) is 3.27. The van der Waals surface area contributed by atoms with Crippen molar-refractivity contribution in [3.63, 3.8) is 0 Å². The van der Waals surface area contributed by atoms with E-state index in [2.05, 4.69) is 65.6 Å². The summed E-state index contributed by atoms with van der Waals surface area (Å²) in [7, 11) is 0. The van der Waals surface area contributed by atoms with Gasteiger partial charge in [0.2, 0.25) is 0 Å². The van der Waals surface area contributed by atoms with Gasteiger partial charge in [-0.15, -0.1) is 0 Å². The first-order valence-corrected chi connectivity index (χ1v) is 8.73. The quantitative estimate of drug-likeness (QED) is 0.803. The standard InChI is InChI=1S/C21H25N/c1-4-10-18(11-5-1)21(19-12-6-2-7-13-19)16-20(21)17-22-14-8-3-9-15-22/h1-2,4-7,10-13,20H,3,8-9,14-17H2. The summed E-state index contributed by atoms with van der Waals surface area (Å²) < 4.78 is 0. The zero-order valence-electron chi connectivity index (χ0n) is 13.2. The smallest absolute Gasteiger partial charge is 0.0247 e. The molecule has 0 spiro atoms. The molecule has 1 saturated heterocycles. The van der Waals surface area contributed by atoms with Gasteiger partial charge in [0.15, 0.2) is 0 Å². The van der Waals surface area contributed by atoms with Crippen molar-refractivity contribution < 1.29 is 0 Å². The van der Waals surface area contributed by atoms with Crippen molar-refractivity contribution in [2.45, 2.75) is 31.1 Å². The highest BCUT2D eigenvalue weighted by Crippen LogP contribution is 2.59. The summed E-state index contributed by atoms with van der Waals surface area (Å²) in [5, 5.41) is 0. The minimum atomic E-state index is 0.264. The second-order valence-electron chi connectivity index (χ2n) is 6.97. The minimum absolute atomic E-state index is 0.264. The molecule has 2 aromatic carbocycles. The molecule has 0 radical (unpaired) electrons. The van der Waals surface area contributed by atoms with Crippen LogP contribution in [0.25, 0.3) is 0 Å². The highest BCUT2D eigenvalue weighted by molar-refractivity contribution is 5.47. The lowest BCUT2D eigenvalue weighted by Crippen LogP contribution is -2.33. The summed E-state index contributed by atoms with van der Waals surface area (Å²) in [4.78, 5) is 2.70. The molecule has 0 N–H and O–H groups in total.